The van der Waals surface area contributed by atoms with Crippen molar-refractivity contribution in [2.45, 2.75) is 6.92 Å². The zero-order chi connectivity index (χ0) is 11.1. The Labute approximate surface area is 103 Å². The van der Waals surface area contributed by atoms with Crippen LogP contribution in [-0.4, -0.2) is 19.1 Å². The zero-order valence-electron chi connectivity index (χ0n) is 8.47. The van der Waals surface area contributed by atoms with E-state index in [1.54, 1.807) is 24.7 Å². The molecular weight excluding hydrogens is 303 g/mol. The van der Waals surface area contributed by atoms with Crippen LogP contribution in [0.3, 0.4) is 0 Å². The molecule has 1 N–H and O–H groups in total. The van der Waals surface area contributed by atoms with Crippen molar-refractivity contribution in [3.8, 4) is 11.4 Å². The Kier molecular flexibility index (Phi) is 5.17. The van der Waals surface area contributed by atoms with Crippen LogP contribution in [0, 0.1) is 0 Å². The number of alkyl halides is 1. The van der Waals surface area contributed by atoms with Gasteiger partial charge in [0.1, 0.15) is 5.75 Å². The molecular formula is C11H13IN2O. The fourth-order valence-electron chi connectivity index (χ4n) is 1.04. The minimum absolute atomic E-state index is 0.277. The summed E-state index contributed by atoms with van der Waals surface area (Å²) >= 11 is 2.29. The Morgan fingerprint density at radius 1 is 1.33 bits per heavy atom. The summed E-state index contributed by atoms with van der Waals surface area (Å²) in [5.41, 5.74) is 0.991. The summed E-state index contributed by atoms with van der Waals surface area (Å²) < 4.78 is 3.09. The molecule has 3 nitrogen and oxygen atoms in total. The van der Waals surface area contributed by atoms with Crippen molar-refractivity contribution in [1.82, 2.24) is 9.55 Å². The van der Waals surface area contributed by atoms with Crippen molar-refractivity contribution < 1.29 is 5.11 Å². The quantitative estimate of drug-likeness (QED) is 0.649. The molecule has 2 rings (SSSR count). The Hall–Kier alpha value is -1.04. The van der Waals surface area contributed by atoms with E-state index in [4.69, 9.17) is 5.11 Å². The van der Waals surface area contributed by atoms with E-state index in [0.717, 1.165) is 5.69 Å². The van der Waals surface area contributed by atoms with Gasteiger partial charge in [-0.2, -0.15) is 0 Å². The zero-order valence-corrected chi connectivity index (χ0v) is 10.6. The average Bonchev–Trinajstić information content (AvgIpc) is 2.73. The van der Waals surface area contributed by atoms with E-state index in [0.29, 0.717) is 0 Å². The maximum atomic E-state index is 9.03. The predicted octanol–water partition coefficient (Wildman–Crippen LogP) is 3.02. The third-order valence-electron chi connectivity index (χ3n) is 1.65. The molecule has 80 valence electrons. The van der Waals surface area contributed by atoms with Crippen molar-refractivity contribution in [1.29, 1.82) is 0 Å². The molecule has 0 saturated carbocycles. The van der Waals surface area contributed by atoms with Crippen molar-refractivity contribution in [2.75, 3.05) is 4.43 Å². The molecule has 1 aromatic heterocycles. The van der Waals surface area contributed by atoms with E-state index in [1.165, 1.54) is 4.43 Å². The van der Waals surface area contributed by atoms with Gasteiger partial charge in [-0.15, -0.1) is 0 Å². The molecule has 1 heterocycles. The van der Waals surface area contributed by atoms with Gasteiger partial charge in [-0.1, -0.05) is 29.5 Å². The Balaban J connectivity index is 0.000000337. The van der Waals surface area contributed by atoms with Gasteiger partial charge >= 0.3 is 0 Å². The van der Waals surface area contributed by atoms with E-state index < -0.39 is 0 Å². The van der Waals surface area contributed by atoms with Gasteiger partial charge < -0.3 is 9.67 Å². The standard InChI is InChI=1S/C9H8N2O.C2H5I/c12-9-3-1-8(2-4-9)11-6-5-10-7-11;1-2-3/h1-7,12H;2H2,1H3. The molecule has 0 spiro atoms. The topological polar surface area (TPSA) is 38.0 Å². The number of imidazole rings is 1. The van der Waals surface area contributed by atoms with Crippen LogP contribution in [0.1, 0.15) is 6.92 Å². The first-order valence-corrected chi connectivity index (χ1v) is 6.13. The lowest BCUT2D eigenvalue weighted by Crippen LogP contribution is -1.87. The summed E-state index contributed by atoms with van der Waals surface area (Å²) in [5.74, 6) is 0.277. The van der Waals surface area contributed by atoms with Crippen LogP contribution in [0.2, 0.25) is 0 Å². The number of phenols is 1. The number of aromatic nitrogens is 2. The van der Waals surface area contributed by atoms with E-state index in [-0.39, 0.29) is 5.75 Å². The summed E-state index contributed by atoms with van der Waals surface area (Å²) in [5, 5.41) is 9.03. The first-order valence-electron chi connectivity index (χ1n) is 4.61. The molecule has 0 bridgehead atoms. The van der Waals surface area contributed by atoms with Gasteiger partial charge in [0.15, 0.2) is 0 Å². The Bertz CT molecular complexity index is 370. The van der Waals surface area contributed by atoms with Crippen LogP contribution >= 0.6 is 22.6 Å². The molecule has 0 unspecified atom stereocenters. The lowest BCUT2D eigenvalue weighted by Gasteiger charge is -2.00. The molecule has 0 aliphatic rings. The molecule has 0 aliphatic carbocycles. The summed E-state index contributed by atoms with van der Waals surface area (Å²) in [6.45, 7) is 2.11. The van der Waals surface area contributed by atoms with Gasteiger partial charge in [-0.25, -0.2) is 4.98 Å². The monoisotopic (exact) mass is 316 g/mol. The summed E-state index contributed by atoms with van der Waals surface area (Å²) in [7, 11) is 0. The van der Waals surface area contributed by atoms with Gasteiger partial charge in [-0.05, 0) is 28.7 Å². The van der Waals surface area contributed by atoms with E-state index in [2.05, 4.69) is 34.5 Å². The number of rotatable bonds is 1. The number of hydrogen-bond acceptors (Lipinski definition) is 2. The van der Waals surface area contributed by atoms with Crippen LogP contribution in [0.25, 0.3) is 5.69 Å². The lowest BCUT2D eigenvalue weighted by atomic mass is 10.3. The molecule has 0 aliphatic heterocycles. The number of aromatic hydroxyl groups is 1. The van der Waals surface area contributed by atoms with Crippen LogP contribution in [-0.2, 0) is 0 Å². The number of hydrogen-bond donors (Lipinski definition) is 1. The predicted molar refractivity (Wildman–Crippen MR) is 69.8 cm³/mol. The number of nitrogens with zero attached hydrogens (tertiary/aromatic N) is 2. The van der Waals surface area contributed by atoms with Crippen LogP contribution in [0.4, 0.5) is 0 Å². The molecule has 2 aromatic rings. The number of benzene rings is 1. The maximum Gasteiger partial charge on any atom is 0.115 e. The van der Waals surface area contributed by atoms with Crippen molar-refractivity contribution >= 4 is 22.6 Å². The van der Waals surface area contributed by atoms with Gasteiger partial charge in [-0.3, -0.25) is 0 Å². The smallest absolute Gasteiger partial charge is 0.115 e. The SMILES string of the molecule is CCI.Oc1ccc(-n2ccnc2)cc1. The molecule has 15 heavy (non-hydrogen) atoms. The van der Waals surface area contributed by atoms with Crippen molar-refractivity contribution in [2.24, 2.45) is 0 Å². The third kappa shape index (κ3) is 3.91. The molecule has 0 saturated heterocycles. The van der Waals surface area contributed by atoms with Gasteiger partial charge in [0.25, 0.3) is 0 Å². The van der Waals surface area contributed by atoms with Crippen LogP contribution < -0.4 is 0 Å². The van der Waals surface area contributed by atoms with Gasteiger partial charge in [0.05, 0.1) is 6.33 Å². The fourth-order valence-corrected chi connectivity index (χ4v) is 1.04. The molecule has 0 fully saturated rings. The highest BCUT2D eigenvalue weighted by Crippen LogP contribution is 2.12. The maximum absolute atomic E-state index is 9.03. The van der Waals surface area contributed by atoms with Crippen LogP contribution in [0.5, 0.6) is 5.75 Å². The Morgan fingerprint density at radius 3 is 2.40 bits per heavy atom. The highest BCUT2D eigenvalue weighted by Gasteiger charge is 1.93. The first-order chi connectivity index (χ1) is 7.27. The first kappa shape index (κ1) is 12.0. The number of phenolic OH excluding ortho intramolecular Hbond substituents is 1. The lowest BCUT2D eigenvalue weighted by molar-refractivity contribution is 0.475. The summed E-state index contributed by atoms with van der Waals surface area (Å²) in [4.78, 5) is 3.92. The van der Waals surface area contributed by atoms with Gasteiger partial charge in [0.2, 0.25) is 0 Å². The van der Waals surface area contributed by atoms with E-state index in [9.17, 15) is 0 Å². The highest BCUT2D eigenvalue weighted by molar-refractivity contribution is 14.1. The fraction of sp³-hybridized carbons (Fsp3) is 0.182. The van der Waals surface area contributed by atoms with E-state index >= 15 is 0 Å². The second-order valence-corrected chi connectivity index (χ2v) is 4.28. The average molecular weight is 316 g/mol. The summed E-state index contributed by atoms with van der Waals surface area (Å²) in [6, 6.07) is 6.96. The molecule has 0 amide bonds. The Morgan fingerprint density at radius 2 is 1.93 bits per heavy atom. The van der Waals surface area contributed by atoms with Crippen LogP contribution in [0.15, 0.2) is 43.0 Å². The molecule has 0 atom stereocenters. The minimum Gasteiger partial charge on any atom is -0.508 e. The normalized spacial score (nSPS) is 9.20. The van der Waals surface area contributed by atoms with Crippen molar-refractivity contribution in [3.05, 3.63) is 43.0 Å². The highest BCUT2D eigenvalue weighted by atomic mass is 127. The second kappa shape index (κ2) is 6.44. The minimum atomic E-state index is 0.277. The third-order valence-corrected chi connectivity index (χ3v) is 1.65. The summed E-state index contributed by atoms with van der Waals surface area (Å²) in [6.07, 6.45) is 5.28. The number of halogens is 1. The second-order valence-electron chi connectivity index (χ2n) is 2.75. The molecule has 1 aromatic carbocycles. The molecule has 0 radical (unpaired) electrons. The van der Waals surface area contributed by atoms with Crippen molar-refractivity contribution in [3.63, 3.8) is 0 Å². The molecule has 4 heteroatoms. The van der Waals surface area contributed by atoms with Gasteiger partial charge in [0, 0.05) is 18.1 Å². The van der Waals surface area contributed by atoms with E-state index in [1.807, 2.05) is 22.9 Å². The largest absolute Gasteiger partial charge is 0.508 e.